The minimum absolute atomic E-state index is 0.0207. The molecule has 0 aromatic heterocycles. The second-order valence-corrected chi connectivity index (χ2v) is 6.76. The Morgan fingerprint density at radius 1 is 1.33 bits per heavy atom. The van der Waals surface area contributed by atoms with Crippen LogP contribution in [0.25, 0.3) is 0 Å². The van der Waals surface area contributed by atoms with Gasteiger partial charge in [-0.25, -0.2) is 4.79 Å². The fraction of sp³-hybridized carbons (Fsp3) is 0.867. The zero-order chi connectivity index (χ0) is 16.0. The van der Waals surface area contributed by atoms with Gasteiger partial charge in [0, 0.05) is 25.7 Å². The lowest BCUT2D eigenvalue weighted by Crippen LogP contribution is -2.51. The molecule has 1 aliphatic heterocycles. The number of carbonyl (C=O) groups is 2. The normalized spacial score (nSPS) is 23.6. The minimum atomic E-state index is -0.787. The van der Waals surface area contributed by atoms with Gasteiger partial charge in [-0.1, -0.05) is 13.3 Å². The molecule has 2 atom stereocenters. The molecular weight excluding hydrogens is 272 g/mol. The quantitative estimate of drug-likeness (QED) is 0.813. The first-order valence-corrected chi connectivity index (χ1v) is 7.63. The summed E-state index contributed by atoms with van der Waals surface area (Å²) in [6.07, 6.45) is 1.67. The van der Waals surface area contributed by atoms with Gasteiger partial charge in [-0.3, -0.25) is 4.79 Å². The van der Waals surface area contributed by atoms with Crippen molar-refractivity contribution in [3.8, 4) is 0 Å². The summed E-state index contributed by atoms with van der Waals surface area (Å²) < 4.78 is 5.28. The third kappa shape index (κ3) is 7.32. The lowest BCUT2D eigenvalue weighted by molar-refractivity contribution is -0.137. The first-order valence-electron chi connectivity index (χ1n) is 7.63. The molecular formula is C15H28N2O4. The second kappa shape index (κ2) is 7.64. The topological polar surface area (TPSA) is 78.9 Å². The number of nitrogens with one attached hydrogen (secondary N) is 1. The van der Waals surface area contributed by atoms with E-state index in [1.165, 1.54) is 0 Å². The van der Waals surface area contributed by atoms with Gasteiger partial charge in [0.2, 0.25) is 0 Å². The molecule has 6 nitrogen and oxygen atoms in total. The summed E-state index contributed by atoms with van der Waals surface area (Å²) >= 11 is 0. The van der Waals surface area contributed by atoms with Crippen LogP contribution in [0, 0.1) is 5.92 Å². The smallest absolute Gasteiger partial charge is 0.407 e. The van der Waals surface area contributed by atoms with Gasteiger partial charge in [-0.2, -0.15) is 0 Å². The highest BCUT2D eigenvalue weighted by Gasteiger charge is 2.28. The van der Waals surface area contributed by atoms with E-state index in [0.717, 1.165) is 19.4 Å². The summed E-state index contributed by atoms with van der Waals surface area (Å²) in [7, 11) is 0. The number of nitrogens with zero attached hydrogens (tertiary/aromatic N) is 1. The Kier molecular flexibility index (Phi) is 6.45. The van der Waals surface area contributed by atoms with Crippen molar-refractivity contribution in [1.82, 2.24) is 10.2 Å². The molecule has 2 N–H and O–H groups in total. The van der Waals surface area contributed by atoms with Gasteiger partial charge < -0.3 is 20.1 Å². The monoisotopic (exact) mass is 300 g/mol. The predicted octanol–water partition coefficient (Wildman–Crippen LogP) is 2.09. The van der Waals surface area contributed by atoms with E-state index in [1.807, 2.05) is 20.8 Å². The van der Waals surface area contributed by atoms with Crippen molar-refractivity contribution in [3.05, 3.63) is 0 Å². The number of carbonyl (C=O) groups excluding carboxylic acids is 1. The summed E-state index contributed by atoms with van der Waals surface area (Å²) in [5, 5.41) is 11.7. The summed E-state index contributed by atoms with van der Waals surface area (Å²) in [5.74, 6) is -0.308. The van der Waals surface area contributed by atoms with Crippen molar-refractivity contribution >= 4 is 12.1 Å². The molecule has 122 valence electrons. The molecule has 1 saturated heterocycles. The van der Waals surface area contributed by atoms with E-state index in [9.17, 15) is 9.59 Å². The number of likely N-dealkylation sites (tertiary alicyclic amines) is 1. The van der Waals surface area contributed by atoms with Gasteiger partial charge >= 0.3 is 12.1 Å². The van der Waals surface area contributed by atoms with Crippen molar-refractivity contribution < 1.29 is 19.4 Å². The van der Waals surface area contributed by atoms with Crippen LogP contribution in [-0.2, 0) is 9.53 Å². The Hall–Kier alpha value is -1.30. The molecule has 1 heterocycles. The molecule has 0 aromatic rings. The average molecular weight is 300 g/mol. The summed E-state index contributed by atoms with van der Waals surface area (Å²) in [5.41, 5.74) is -0.508. The van der Waals surface area contributed by atoms with E-state index in [0.29, 0.717) is 19.0 Å². The fourth-order valence-corrected chi connectivity index (χ4v) is 2.61. The van der Waals surface area contributed by atoms with Crippen LogP contribution >= 0.6 is 0 Å². The summed E-state index contributed by atoms with van der Waals surface area (Å²) in [6, 6.07) is 0.0207. The number of amides is 1. The van der Waals surface area contributed by atoms with Crippen molar-refractivity contribution in [1.29, 1.82) is 0 Å². The van der Waals surface area contributed by atoms with Crippen LogP contribution in [0.4, 0.5) is 4.79 Å². The van der Waals surface area contributed by atoms with Gasteiger partial charge in [-0.15, -0.1) is 0 Å². The van der Waals surface area contributed by atoms with E-state index < -0.39 is 17.7 Å². The maximum Gasteiger partial charge on any atom is 0.407 e. The molecule has 1 fully saturated rings. The van der Waals surface area contributed by atoms with Gasteiger partial charge in [0.05, 0.1) is 6.42 Å². The second-order valence-electron chi connectivity index (χ2n) is 6.76. The molecule has 0 saturated carbocycles. The summed E-state index contributed by atoms with van der Waals surface area (Å²) in [6.45, 7) is 9.73. The Labute approximate surface area is 126 Å². The van der Waals surface area contributed by atoms with Crippen LogP contribution in [0.15, 0.2) is 0 Å². The standard InChI is InChI=1S/C15H28N2O4/c1-5-11-8-12(16-14(20)21-15(2,3)4)10-17(9-11)7-6-13(18)19/h11-12H,5-10H2,1-4H3,(H,16,20)(H,18,19). The third-order valence-corrected chi connectivity index (χ3v) is 3.55. The largest absolute Gasteiger partial charge is 0.481 e. The SMILES string of the molecule is CCC1CC(NC(=O)OC(C)(C)C)CN(CCC(=O)O)C1. The molecule has 0 aliphatic carbocycles. The molecule has 0 bridgehead atoms. The summed E-state index contributed by atoms with van der Waals surface area (Å²) in [4.78, 5) is 24.7. The first kappa shape index (κ1) is 17.8. The Morgan fingerprint density at radius 3 is 2.52 bits per heavy atom. The van der Waals surface area contributed by atoms with Crippen LogP contribution in [0.3, 0.4) is 0 Å². The van der Waals surface area contributed by atoms with Crippen molar-refractivity contribution in [2.24, 2.45) is 5.92 Å². The molecule has 1 aliphatic rings. The van der Waals surface area contributed by atoms with Gasteiger partial charge in [-0.05, 0) is 33.1 Å². The van der Waals surface area contributed by atoms with Crippen LogP contribution in [0.1, 0.15) is 47.0 Å². The third-order valence-electron chi connectivity index (χ3n) is 3.55. The first-order chi connectivity index (χ1) is 9.69. The number of ether oxygens (including phenoxy) is 1. The maximum absolute atomic E-state index is 11.8. The predicted molar refractivity (Wildman–Crippen MR) is 80.2 cm³/mol. The fourth-order valence-electron chi connectivity index (χ4n) is 2.61. The van der Waals surface area contributed by atoms with E-state index in [4.69, 9.17) is 9.84 Å². The van der Waals surface area contributed by atoms with Crippen LogP contribution in [0.2, 0.25) is 0 Å². The number of aliphatic carboxylic acids is 1. The molecule has 1 rings (SSSR count). The molecule has 0 spiro atoms. The highest BCUT2D eigenvalue weighted by atomic mass is 16.6. The van der Waals surface area contributed by atoms with Gasteiger partial charge in [0.1, 0.15) is 5.60 Å². The number of carboxylic acids is 1. The number of hydrogen-bond donors (Lipinski definition) is 2. The maximum atomic E-state index is 11.8. The lowest BCUT2D eigenvalue weighted by Gasteiger charge is -2.37. The van der Waals surface area contributed by atoms with E-state index in [1.54, 1.807) is 0 Å². The minimum Gasteiger partial charge on any atom is -0.481 e. The molecule has 21 heavy (non-hydrogen) atoms. The number of rotatable bonds is 5. The van der Waals surface area contributed by atoms with Crippen LogP contribution in [-0.4, -0.2) is 53.3 Å². The van der Waals surface area contributed by atoms with Gasteiger partial charge in [0.15, 0.2) is 0 Å². The number of alkyl carbamates (subject to hydrolysis) is 1. The van der Waals surface area contributed by atoms with E-state index in [2.05, 4.69) is 17.1 Å². The van der Waals surface area contributed by atoms with E-state index in [-0.39, 0.29) is 12.5 Å². The van der Waals surface area contributed by atoms with Crippen molar-refractivity contribution in [2.75, 3.05) is 19.6 Å². The molecule has 0 aromatic carbocycles. The molecule has 6 heteroatoms. The zero-order valence-electron chi connectivity index (χ0n) is 13.5. The highest BCUT2D eigenvalue weighted by molar-refractivity contribution is 5.68. The van der Waals surface area contributed by atoms with Crippen LogP contribution < -0.4 is 5.32 Å². The Morgan fingerprint density at radius 2 is 2.00 bits per heavy atom. The molecule has 2 unspecified atom stereocenters. The molecule has 1 amide bonds. The average Bonchev–Trinajstić information content (AvgIpc) is 2.33. The zero-order valence-corrected chi connectivity index (χ0v) is 13.5. The number of carboxylic acid groups (broad SMARTS) is 1. The molecule has 0 radical (unpaired) electrons. The van der Waals surface area contributed by atoms with Crippen molar-refractivity contribution in [2.45, 2.75) is 58.6 Å². The van der Waals surface area contributed by atoms with Crippen LogP contribution in [0.5, 0.6) is 0 Å². The van der Waals surface area contributed by atoms with Gasteiger partial charge in [0.25, 0.3) is 0 Å². The van der Waals surface area contributed by atoms with E-state index >= 15 is 0 Å². The Balaban J connectivity index is 2.52. The number of hydrogen-bond acceptors (Lipinski definition) is 4. The highest BCUT2D eigenvalue weighted by Crippen LogP contribution is 2.20. The number of piperidine rings is 1. The Bertz CT molecular complexity index is 365. The lowest BCUT2D eigenvalue weighted by atomic mass is 9.92. The van der Waals surface area contributed by atoms with Crippen molar-refractivity contribution in [3.63, 3.8) is 0 Å².